The van der Waals surface area contributed by atoms with Crippen molar-refractivity contribution in [2.45, 2.75) is 12.1 Å². The minimum atomic E-state index is -1.01. The lowest BCUT2D eigenvalue weighted by Crippen LogP contribution is -2.37. The number of carbonyl (C=O) groups is 2. The number of phenols is 1. The summed E-state index contributed by atoms with van der Waals surface area (Å²) in [5.41, 5.74) is 1.69. The van der Waals surface area contributed by atoms with E-state index in [4.69, 9.17) is 21.2 Å². The van der Waals surface area contributed by atoms with Gasteiger partial charge in [0.1, 0.15) is 5.92 Å². The molecule has 0 aromatic heterocycles. The molecule has 0 saturated carbocycles. The van der Waals surface area contributed by atoms with Gasteiger partial charge in [-0.15, -0.1) is 0 Å². The first kappa shape index (κ1) is 20.4. The number of fused-ring (bicyclic) bond motifs is 1. The zero-order valence-corrected chi connectivity index (χ0v) is 17.8. The molecule has 32 heavy (non-hydrogen) atoms. The van der Waals surface area contributed by atoms with Crippen molar-refractivity contribution < 1.29 is 24.3 Å². The molecule has 3 atom stereocenters. The second-order valence-corrected chi connectivity index (χ2v) is 7.96. The number of amides is 2. The molecule has 3 aromatic rings. The van der Waals surface area contributed by atoms with Crippen molar-refractivity contribution >= 4 is 34.8 Å². The average Bonchev–Trinajstić information content (AvgIpc) is 3.31. The SMILES string of the molecule is COc1cc([C@@H]2[C@@H]3C(=O)N(c4ccccc4Cl)C(=O)[C@@H]3ON2c2ccccc2)ccc1O. The van der Waals surface area contributed by atoms with Gasteiger partial charge in [0.05, 0.1) is 29.5 Å². The number of hydrogen-bond donors (Lipinski definition) is 1. The van der Waals surface area contributed by atoms with Crippen molar-refractivity contribution in [1.29, 1.82) is 0 Å². The molecule has 2 aliphatic rings. The molecule has 0 bridgehead atoms. The van der Waals surface area contributed by atoms with Gasteiger partial charge < -0.3 is 9.84 Å². The average molecular weight is 451 g/mol. The number of ether oxygens (including phenoxy) is 1. The summed E-state index contributed by atoms with van der Waals surface area (Å²) in [6.45, 7) is 0. The third kappa shape index (κ3) is 3.09. The highest BCUT2D eigenvalue weighted by Crippen LogP contribution is 2.49. The highest BCUT2D eigenvalue weighted by Gasteiger charge is 2.60. The van der Waals surface area contributed by atoms with Gasteiger partial charge in [-0.3, -0.25) is 14.4 Å². The van der Waals surface area contributed by atoms with Gasteiger partial charge in [-0.1, -0.05) is 48.0 Å². The van der Waals surface area contributed by atoms with Gasteiger partial charge in [-0.25, -0.2) is 9.96 Å². The Bertz CT molecular complexity index is 1200. The molecule has 2 amide bonds. The van der Waals surface area contributed by atoms with Crippen molar-refractivity contribution in [3.8, 4) is 11.5 Å². The summed E-state index contributed by atoms with van der Waals surface area (Å²) in [6.07, 6.45) is -1.01. The van der Waals surface area contributed by atoms with Crippen LogP contribution in [0.3, 0.4) is 0 Å². The van der Waals surface area contributed by atoms with E-state index in [2.05, 4.69) is 0 Å². The van der Waals surface area contributed by atoms with E-state index in [0.29, 0.717) is 22.0 Å². The third-order valence-electron chi connectivity index (χ3n) is 5.76. The summed E-state index contributed by atoms with van der Waals surface area (Å²) in [5, 5.41) is 11.9. The lowest BCUT2D eigenvalue weighted by molar-refractivity contribution is -0.126. The number of benzene rings is 3. The molecule has 2 fully saturated rings. The monoisotopic (exact) mass is 450 g/mol. The number of methoxy groups -OCH3 is 1. The molecule has 2 heterocycles. The standard InChI is InChI=1S/C24H19ClN2O5/c1-31-19-13-14(11-12-18(19)28)21-20-22(32-27(21)15-7-3-2-4-8-15)24(30)26(23(20)29)17-10-6-5-9-16(17)25/h2-13,20-22,28H,1H3/t20-,21+,22+/m0/s1. The lowest BCUT2D eigenvalue weighted by Gasteiger charge is -2.29. The summed E-state index contributed by atoms with van der Waals surface area (Å²) >= 11 is 6.28. The maximum absolute atomic E-state index is 13.6. The lowest BCUT2D eigenvalue weighted by atomic mass is 9.90. The Morgan fingerprint density at radius 1 is 0.969 bits per heavy atom. The van der Waals surface area contributed by atoms with Crippen molar-refractivity contribution in [2.75, 3.05) is 17.1 Å². The second kappa shape index (κ2) is 7.85. The zero-order chi connectivity index (χ0) is 22.4. The first-order chi connectivity index (χ1) is 15.5. The van der Waals surface area contributed by atoms with Crippen LogP contribution in [-0.4, -0.2) is 30.1 Å². The normalized spacial score (nSPS) is 22.4. The van der Waals surface area contributed by atoms with Crippen LogP contribution < -0.4 is 14.7 Å². The van der Waals surface area contributed by atoms with Crippen LogP contribution in [0.15, 0.2) is 72.8 Å². The smallest absolute Gasteiger partial charge is 0.266 e. The summed E-state index contributed by atoms with van der Waals surface area (Å²) in [6, 6.07) is 20.2. The fourth-order valence-corrected chi connectivity index (χ4v) is 4.52. The maximum Gasteiger partial charge on any atom is 0.266 e. The Morgan fingerprint density at radius 3 is 2.41 bits per heavy atom. The number of anilines is 2. The molecule has 1 N–H and O–H groups in total. The van der Waals surface area contributed by atoms with E-state index < -0.39 is 29.9 Å². The minimum absolute atomic E-state index is 0.0236. The van der Waals surface area contributed by atoms with Crippen molar-refractivity contribution in [2.24, 2.45) is 5.92 Å². The molecule has 0 radical (unpaired) electrons. The molecular weight excluding hydrogens is 432 g/mol. The van der Waals surface area contributed by atoms with Crippen LogP contribution in [0, 0.1) is 5.92 Å². The molecular formula is C24H19ClN2O5. The van der Waals surface area contributed by atoms with Gasteiger partial charge in [0.25, 0.3) is 5.91 Å². The van der Waals surface area contributed by atoms with Crippen LogP contribution >= 0.6 is 11.6 Å². The zero-order valence-electron chi connectivity index (χ0n) is 17.0. The van der Waals surface area contributed by atoms with E-state index in [1.807, 2.05) is 30.3 Å². The van der Waals surface area contributed by atoms with Gasteiger partial charge in [-0.05, 0) is 42.0 Å². The number of halogens is 1. The summed E-state index contributed by atoms with van der Waals surface area (Å²) in [5.74, 6) is -1.44. The topological polar surface area (TPSA) is 79.3 Å². The van der Waals surface area contributed by atoms with Gasteiger partial charge >= 0.3 is 0 Å². The van der Waals surface area contributed by atoms with Crippen LogP contribution in [-0.2, 0) is 14.4 Å². The third-order valence-corrected chi connectivity index (χ3v) is 6.08. The molecule has 0 aliphatic carbocycles. The van der Waals surface area contributed by atoms with Crippen LogP contribution in [0.25, 0.3) is 0 Å². The van der Waals surface area contributed by atoms with Crippen LogP contribution in [0.5, 0.6) is 11.5 Å². The Morgan fingerprint density at radius 2 is 1.69 bits per heavy atom. The number of carbonyl (C=O) groups excluding carboxylic acids is 2. The molecule has 0 unspecified atom stereocenters. The fourth-order valence-electron chi connectivity index (χ4n) is 4.30. The molecule has 5 rings (SSSR count). The minimum Gasteiger partial charge on any atom is -0.504 e. The number of aromatic hydroxyl groups is 1. The number of hydrogen-bond acceptors (Lipinski definition) is 6. The van der Waals surface area contributed by atoms with Gasteiger partial charge in [0.15, 0.2) is 17.6 Å². The molecule has 7 nitrogen and oxygen atoms in total. The van der Waals surface area contributed by atoms with Crippen molar-refractivity contribution in [3.63, 3.8) is 0 Å². The molecule has 2 saturated heterocycles. The predicted octanol–water partition coefficient (Wildman–Crippen LogP) is 4.11. The Hall–Kier alpha value is -3.55. The number of rotatable bonds is 4. The number of nitrogens with zero attached hydrogens (tertiary/aromatic N) is 2. The summed E-state index contributed by atoms with van der Waals surface area (Å²) in [7, 11) is 1.45. The molecule has 3 aromatic carbocycles. The van der Waals surface area contributed by atoms with Crippen molar-refractivity contribution in [3.05, 3.63) is 83.4 Å². The predicted molar refractivity (Wildman–Crippen MR) is 119 cm³/mol. The second-order valence-electron chi connectivity index (χ2n) is 7.55. The van der Waals surface area contributed by atoms with Crippen LogP contribution in [0.1, 0.15) is 11.6 Å². The summed E-state index contributed by atoms with van der Waals surface area (Å²) < 4.78 is 5.26. The van der Waals surface area contributed by atoms with E-state index in [1.165, 1.54) is 13.2 Å². The molecule has 8 heteroatoms. The van der Waals surface area contributed by atoms with E-state index in [1.54, 1.807) is 41.5 Å². The van der Waals surface area contributed by atoms with E-state index >= 15 is 0 Å². The fraction of sp³-hybridized carbons (Fsp3) is 0.167. The van der Waals surface area contributed by atoms with Crippen molar-refractivity contribution in [1.82, 2.24) is 0 Å². The van der Waals surface area contributed by atoms with E-state index in [0.717, 1.165) is 4.90 Å². The number of para-hydroxylation sites is 2. The highest BCUT2D eigenvalue weighted by atomic mass is 35.5. The summed E-state index contributed by atoms with van der Waals surface area (Å²) in [4.78, 5) is 34.1. The molecule has 2 aliphatic heterocycles. The number of imide groups is 1. The Balaban J connectivity index is 1.62. The Kier molecular flexibility index (Phi) is 5.00. The number of hydroxylamine groups is 1. The Labute approximate surface area is 189 Å². The number of phenolic OH excluding ortho intramolecular Hbond substituents is 1. The molecule has 162 valence electrons. The highest BCUT2D eigenvalue weighted by molar-refractivity contribution is 6.36. The van der Waals surface area contributed by atoms with Crippen LogP contribution in [0.4, 0.5) is 11.4 Å². The molecule has 0 spiro atoms. The van der Waals surface area contributed by atoms with Gasteiger partial charge in [-0.2, -0.15) is 0 Å². The quantitative estimate of drug-likeness (QED) is 0.603. The maximum atomic E-state index is 13.6. The van der Waals surface area contributed by atoms with Gasteiger partial charge in [0.2, 0.25) is 5.91 Å². The largest absolute Gasteiger partial charge is 0.504 e. The van der Waals surface area contributed by atoms with E-state index in [-0.39, 0.29) is 11.5 Å². The van der Waals surface area contributed by atoms with Crippen LogP contribution in [0.2, 0.25) is 5.02 Å². The first-order valence-corrected chi connectivity index (χ1v) is 10.4. The van der Waals surface area contributed by atoms with E-state index in [9.17, 15) is 14.7 Å². The van der Waals surface area contributed by atoms with Gasteiger partial charge in [0, 0.05) is 0 Å². The first-order valence-electron chi connectivity index (χ1n) is 10.0.